The summed E-state index contributed by atoms with van der Waals surface area (Å²) >= 11 is 0. The third kappa shape index (κ3) is 1.20. The molecule has 0 aromatic carbocycles. The normalized spacial score (nSPS) is 35.4. The molecular weight excluding hydrogens is 122 g/mol. The Hall–Kier alpha value is -0.0400. The van der Waals surface area contributed by atoms with E-state index in [2.05, 4.69) is 5.32 Å². The maximum Gasteiger partial charge on any atom is -0.00179 e. The predicted molar refractivity (Wildman–Crippen MR) is 42.9 cm³/mol. The first-order valence-electron chi connectivity index (χ1n) is 4.67. The summed E-state index contributed by atoms with van der Waals surface area (Å²) in [4.78, 5) is 0. The summed E-state index contributed by atoms with van der Waals surface area (Å²) < 4.78 is 0. The molecule has 1 heteroatoms. The lowest BCUT2D eigenvalue weighted by Crippen LogP contribution is -2.36. The molecular formula is C9H17N. The quantitative estimate of drug-likeness (QED) is 0.584. The maximum atomic E-state index is 3.48. The molecule has 1 aliphatic carbocycles. The van der Waals surface area contributed by atoms with Crippen molar-refractivity contribution in [2.75, 3.05) is 13.1 Å². The van der Waals surface area contributed by atoms with Crippen molar-refractivity contribution >= 4 is 0 Å². The first-order chi connectivity index (χ1) is 4.97. The molecule has 1 heterocycles. The van der Waals surface area contributed by atoms with Crippen molar-refractivity contribution in [2.24, 2.45) is 11.8 Å². The van der Waals surface area contributed by atoms with Gasteiger partial charge in [-0.3, -0.25) is 0 Å². The number of piperidine rings is 1. The SMILES string of the molecule is C1CC(C2CCCNC2)C1. The smallest absolute Gasteiger partial charge is 0.00179 e. The molecule has 0 aromatic rings. The van der Waals surface area contributed by atoms with Crippen molar-refractivity contribution in [3.8, 4) is 0 Å². The van der Waals surface area contributed by atoms with Crippen LogP contribution in [-0.2, 0) is 0 Å². The highest BCUT2D eigenvalue weighted by Crippen LogP contribution is 2.36. The average Bonchev–Trinajstić information content (AvgIpc) is 1.86. The molecule has 2 fully saturated rings. The van der Waals surface area contributed by atoms with Crippen LogP contribution in [0.5, 0.6) is 0 Å². The Kier molecular flexibility index (Phi) is 1.94. The second-order valence-corrected chi connectivity index (χ2v) is 3.80. The van der Waals surface area contributed by atoms with Gasteiger partial charge in [0.2, 0.25) is 0 Å². The summed E-state index contributed by atoms with van der Waals surface area (Å²) in [5, 5.41) is 3.48. The van der Waals surface area contributed by atoms with E-state index in [4.69, 9.17) is 0 Å². The van der Waals surface area contributed by atoms with Crippen molar-refractivity contribution in [1.82, 2.24) is 5.32 Å². The van der Waals surface area contributed by atoms with Crippen molar-refractivity contribution < 1.29 is 0 Å². The molecule has 0 aromatic heterocycles. The zero-order valence-corrected chi connectivity index (χ0v) is 6.60. The van der Waals surface area contributed by atoms with Gasteiger partial charge in [0, 0.05) is 0 Å². The van der Waals surface area contributed by atoms with E-state index in [9.17, 15) is 0 Å². The average molecular weight is 139 g/mol. The largest absolute Gasteiger partial charge is 0.316 e. The fourth-order valence-electron chi connectivity index (χ4n) is 2.19. The molecule has 10 heavy (non-hydrogen) atoms. The third-order valence-corrected chi connectivity index (χ3v) is 3.15. The van der Waals surface area contributed by atoms with Crippen LogP contribution in [-0.4, -0.2) is 13.1 Å². The van der Waals surface area contributed by atoms with Crippen molar-refractivity contribution in [2.45, 2.75) is 32.1 Å². The molecule has 1 N–H and O–H groups in total. The molecule has 0 amide bonds. The van der Waals surface area contributed by atoms with Crippen LogP contribution in [0.1, 0.15) is 32.1 Å². The highest BCUT2D eigenvalue weighted by Gasteiger charge is 2.27. The summed E-state index contributed by atoms with van der Waals surface area (Å²) in [6.45, 7) is 2.58. The minimum absolute atomic E-state index is 1.04. The molecule has 0 radical (unpaired) electrons. The number of rotatable bonds is 1. The Bertz CT molecular complexity index is 101. The summed E-state index contributed by atoms with van der Waals surface area (Å²) in [6, 6.07) is 0. The zero-order chi connectivity index (χ0) is 6.81. The number of nitrogens with one attached hydrogen (secondary N) is 1. The van der Waals surface area contributed by atoms with Crippen molar-refractivity contribution in [3.05, 3.63) is 0 Å². The Balaban J connectivity index is 1.78. The first-order valence-corrected chi connectivity index (χ1v) is 4.67. The Morgan fingerprint density at radius 2 is 1.70 bits per heavy atom. The van der Waals surface area contributed by atoms with Gasteiger partial charge in [-0.2, -0.15) is 0 Å². The molecule has 1 saturated heterocycles. The molecule has 1 atom stereocenters. The van der Waals surface area contributed by atoms with Gasteiger partial charge in [-0.1, -0.05) is 19.3 Å². The van der Waals surface area contributed by atoms with Gasteiger partial charge in [-0.25, -0.2) is 0 Å². The molecule has 58 valence electrons. The minimum atomic E-state index is 1.04. The van der Waals surface area contributed by atoms with Crippen LogP contribution < -0.4 is 5.32 Å². The van der Waals surface area contributed by atoms with Crippen LogP contribution in [0.15, 0.2) is 0 Å². The monoisotopic (exact) mass is 139 g/mol. The van der Waals surface area contributed by atoms with E-state index < -0.39 is 0 Å². The number of hydrogen-bond donors (Lipinski definition) is 1. The molecule has 2 rings (SSSR count). The second-order valence-electron chi connectivity index (χ2n) is 3.80. The van der Waals surface area contributed by atoms with Gasteiger partial charge in [0.05, 0.1) is 0 Å². The van der Waals surface area contributed by atoms with E-state index >= 15 is 0 Å². The van der Waals surface area contributed by atoms with E-state index in [-0.39, 0.29) is 0 Å². The van der Waals surface area contributed by atoms with Crippen LogP contribution in [0, 0.1) is 11.8 Å². The van der Waals surface area contributed by atoms with Gasteiger partial charge in [-0.15, -0.1) is 0 Å². The highest BCUT2D eigenvalue weighted by molar-refractivity contribution is 4.81. The minimum Gasteiger partial charge on any atom is -0.316 e. The molecule has 2 aliphatic rings. The fourth-order valence-corrected chi connectivity index (χ4v) is 2.19. The lowest BCUT2D eigenvalue weighted by atomic mass is 9.73. The molecule has 0 spiro atoms. The van der Waals surface area contributed by atoms with Gasteiger partial charge < -0.3 is 5.32 Å². The Morgan fingerprint density at radius 3 is 2.20 bits per heavy atom. The highest BCUT2D eigenvalue weighted by atomic mass is 14.9. The van der Waals surface area contributed by atoms with Crippen molar-refractivity contribution in [3.63, 3.8) is 0 Å². The van der Waals surface area contributed by atoms with E-state index in [1.54, 1.807) is 0 Å². The Labute approximate surface area is 63.2 Å². The standard InChI is InChI=1S/C9H17N/c1-3-8(4-1)9-5-2-6-10-7-9/h8-10H,1-7H2. The zero-order valence-electron chi connectivity index (χ0n) is 6.60. The van der Waals surface area contributed by atoms with Crippen molar-refractivity contribution in [1.29, 1.82) is 0 Å². The molecule has 1 nitrogen and oxygen atoms in total. The van der Waals surface area contributed by atoms with Crippen LogP contribution in [0.4, 0.5) is 0 Å². The van der Waals surface area contributed by atoms with Crippen LogP contribution in [0.25, 0.3) is 0 Å². The Morgan fingerprint density at radius 1 is 0.900 bits per heavy atom. The molecule has 1 aliphatic heterocycles. The number of hydrogen-bond acceptors (Lipinski definition) is 1. The fraction of sp³-hybridized carbons (Fsp3) is 1.00. The maximum absolute atomic E-state index is 3.48. The second kappa shape index (κ2) is 2.91. The predicted octanol–water partition coefficient (Wildman–Crippen LogP) is 1.79. The van der Waals surface area contributed by atoms with Gasteiger partial charge >= 0.3 is 0 Å². The van der Waals surface area contributed by atoms with Crippen LogP contribution in [0.3, 0.4) is 0 Å². The van der Waals surface area contributed by atoms with Crippen LogP contribution in [0.2, 0.25) is 0 Å². The molecule has 1 saturated carbocycles. The van der Waals surface area contributed by atoms with E-state index in [0.29, 0.717) is 0 Å². The summed E-state index contributed by atoms with van der Waals surface area (Å²) in [5.41, 5.74) is 0. The van der Waals surface area contributed by atoms with E-state index in [1.807, 2.05) is 0 Å². The van der Waals surface area contributed by atoms with E-state index in [1.165, 1.54) is 45.2 Å². The molecule has 0 bridgehead atoms. The van der Waals surface area contributed by atoms with E-state index in [0.717, 1.165) is 11.8 Å². The molecule has 1 unspecified atom stereocenters. The van der Waals surface area contributed by atoms with Gasteiger partial charge in [0.25, 0.3) is 0 Å². The first kappa shape index (κ1) is 6.66. The lowest BCUT2D eigenvalue weighted by molar-refractivity contribution is 0.173. The summed E-state index contributed by atoms with van der Waals surface area (Å²) in [5.74, 6) is 2.15. The summed E-state index contributed by atoms with van der Waals surface area (Å²) in [6.07, 6.45) is 7.46. The topological polar surface area (TPSA) is 12.0 Å². The van der Waals surface area contributed by atoms with Gasteiger partial charge in [0.1, 0.15) is 0 Å². The van der Waals surface area contributed by atoms with Gasteiger partial charge in [-0.05, 0) is 37.8 Å². The van der Waals surface area contributed by atoms with Crippen LogP contribution >= 0.6 is 0 Å². The third-order valence-electron chi connectivity index (χ3n) is 3.15. The van der Waals surface area contributed by atoms with Gasteiger partial charge in [0.15, 0.2) is 0 Å². The summed E-state index contributed by atoms with van der Waals surface area (Å²) in [7, 11) is 0. The lowest BCUT2D eigenvalue weighted by Gasteiger charge is -2.36.